The summed E-state index contributed by atoms with van der Waals surface area (Å²) < 4.78 is 0. The summed E-state index contributed by atoms with van der Waals surface area (Å²) in [5.74, 6) is -3.95. The van der Waals surface area contributed by atoms with Gasteiger partial charge in [0.25, 0.3) is 0 Å². The van der Waals surface area contributed by atoms with Crippen molar-refractivity contribution >= 4 is 11.9 Å². The largest absolute Gasteiger partial charge is 0.547 e. The number of aliphatic hydroxyl groups is 10. The molecule has 1 radical (unpaired) electrons. The number of aliphatic hydroxyl groups excluding tert-OH is 10. The maximum absolute atomic E-state index is 9.98. The zero-order chi connectivity index (χ0) is 21.2. The van der Waals surface area contributed by atoms with E-state index in [0.29, 0.717) is 0 Å². The summed E-state index contributed by atoms with van der Waals surface area (Å²) in [5, 5.41) is 107. The van der Waals surface area contributed by atoms with Crippen molar-refractivity contribution in [2.75, 3.05) is 13.2 Å². The molecular weight excluding hydrogens is 427 g/mol. The first-order chi connectivity index (χ1) is 11.8. The molecule has 0 unspecified atom stereocenters. The summed E-state index contributed by atoms with van der Waals surface area (Å²) >= 11 is 0. The van der Waals surface area contributed by atoms with E-state index in [4.69, 9.17) is 51.1 Å². The Morgan fingerprint density at radius 3 is 0.963 bits per heavy atom. The van der Waals surface area contributed by atoms with Gasteiger partial charge in [-0.15, -0.1) is 0 Å². The number of aliphatic carboxylic acids is 2. The SMILES string of the molecule is O=C([O-])[C@H](O)[C@@H](O)[C@H](O)[C@H](O)CO.O=C([O-])[C@H](O)[C@@H](O)[C@H](O)[C@H](O)CO.[Co]. The number of rotatable bonds is 10. The molecule has 0 aromatic rings. The molecule has 0 bridgehead atoms. The number of carboxylic acids is 2. The second-order valence-electron chi connectivity index (χ2n) is 4.99. The first kappa shape index (κ1) is 30.8. The molecule has 0 saturated carbocycles. The van der Waals surface area contributed by atoms with E-state index in [1.807, 2.05) is 0 Å². The monoisotopic (exact) mass is 449 g/mol. The third kappa shape index (κ3) is 10.8. The molecule has 14 nitrogen and oxygen atoms in total. The van der Waals surface area contributed by atoms with Crippen molar-refractivity contribution in [3.63, 3.8) is 0 Å². The topological polar surface area (TPSA) is 283 Å². The Labute approximate surface area is 162 Å². The molecule has 0 aliphatic heterocycles. The summed E-state index contributed by atoms with van der Waals surface area (Å²) in [7, 11) is 0. The molecule has 27 heavy (non-hydrogen) atoms. The maximum atomic E-state index is 9.98. The van der Waals surface area contributed by atoms with Crippen LogP contribution < -0.4 is 10.2 Å². The van der Waals surface area contributed by atoms with Crippen LogP contribution in [0.1, 0.15) is 0 Å². The molecule has 0 amide bonds. The Kier molecular flexibility index (Phi) is 17.1. The molecule has 0 rings (SSSR count). The van der Waals surface area contributed by atoms with Crippen LogP contribution in [0, 0.1) is 0 Å². The number of carbonyl (C=O) groups is 2. The van der Waals surface area contributed by atoms with Gasteiger partial charge in [0.2, 0.25) is 0 Å². The molecule has 15 heteroatoms. The fraction of sp³-hybridized carbons (Fsp3) is 0.833. The predicted molar refractivity (Wildman–Crippen MR) is 72.2 cm³/mol. The van der Waals surface area contributed by atoms with E-state index in [1.54, 1.807) is 0 Å². The van der Waals surface area contributed by atoms with Crippen LogP contribution in [0.25, 0.3) is 0 Å². The van der Waals surface area contributed by atoms with Gasteiger partial charge in [-0.3, -0.25) is 0 Å². The van der Waals surface area contributed by atoms with Crippen LogP contribution in [0.5, 0.6) is 0 Å². The average Bonchev–Trinajstić information content (AvgIpc) is 2.62. The molecule has 0 fully saturated rings. The van der Waals surface area contributed by atoms with Crippen LogP contribution in [-0.2, 0) is 26.4 Å². The van der Waals surface area contributed by atoms with Gasteiger partial charge in [0.15, 0.2) is 0 Å². The number of carbonyl (C=O) groups excluding carboxylic acids is 2. The minimum Gasteiger partial charge on any atom is -0.547 e. The van der Waals surface area contributed by atoms with Gasteiger partial charge in [-0.1, -0.05) is 0 Å². The van der Waals surface area contributed by atoms with Gasteiger partial charge in [-0.05, 0) is 0 Å². The Morgan fingerprint density at radius 1 is 0.593 bits per heavy atom. The van der Waals surface area contributed by atoms with E-state index in [0.717, 1.165) is 0 Å². The predicted octanol–water partition coefficient (Wildman–Crippen LogP) is -9.66. The summed E-state index contributed by atoms with van der Waals surface area (Å²) in [6.45, 7) is -1.73. The molecule has 0 saturated heterocycles. The van der Waals surface area contributed by atoms with E-state index < -0.39 is 74.0 Å². The van der Waals surface area contributed by atoms with Gasteiger partial charge in [0.05, 0.1) is 25.2 Å². The van der Waals surface area contributed by atoms with E-state index >= 15 is 0 Å². The Hall–Kier alpha value is -0.954. The summed E-state index contributed by atoms with van der Waals surface area (Å²) in [6.07, 6.45) is -16.2. The molecule has 0 aromatic carbocycles. The molecule has 8 atom stereocenters. The molecule has 0 aliphatic carbocycles. The third-order valence-electron chi connectivity index (χ3n) is 2.99. The van der Waals surface area contributed by atoms with E-state index in [-0.39, 0.29) is 16.8 Å². The molecule has 165 valence electrons. The maximum Gasteiger partial charge on any atom is 0.122 e. The molecular formula is C12H22CoO14-2. The Balaban J connectivity index is -0.000000411. The van der Waals surface area contributed by atoms with Crippen LogP contribution in [-0.4, -0.2) is 125 Å². The normalized spacial score (nSPS) is 19.6. The summed E-state index contributed by atoms with van der Waals surface area (Å²) in [5.41, 5.74) is 0. The van der Waals surface area contributed by atoms with Crippen molar-refractivity contribution in [2.45, 2.75) is 48.8 Å². The second kappa shape index (κ2) is 15.0. The van der Waals surface area contributed by atoms with Gasteiger partial charge in [0.1, 0.15) is 48.8 Å². The van der Waals surface area contributed by atoms with Crippen molar-refractivity contribution in [1.82, 2.24) is 0 Å². The third-order valence-corrected chi connectivity index (χ3v) is 2.99. The van der Waals surface area contributed by atoms with E-state index in [1.165, 1.54) is 0 Å². The Morgan fingerprint density at radius 2 is 0.815 bits per heavy atom. The zero-order valence-corrected chi connectivity index (χ0v) is 14.5. The van der Waals surface area contributed by atoms with Crippen molar-refractivity contribution in [1.29, 1.82) is 0 Å². The van der Waals surface area contributed by atoms with Crippen molar-refractivity contribution in [2.24, 2.45) is 0 Å². The van der Waals surface area contributed by atoms with Crippen molar-refractivity contribution < 1.29 is 87.6 Å². The minimum absolute atomic E-state index is 0. The minimum atomic E-state index is -2.31. The van der Waals surface area contributed by atoms with Crippen LogP contribution in [0.4, 0.5) is 0 Å². The zero-order valence-electron chi connectivity index (χ0n) is 13.5. The van der Waals surface area contributed by atoms with Gasteiger partial charge in [-0.2, -0.15) is 0 Å². The number of carboxylic acid groups (broad SMARTS) is 2. The second-order valence-corrected chi connectivity index (χ2v) is 4.99. The molecule has 0 aliphatic rings. The van der Waals surface area contributed by atoms with Crippen LogP contribution >= 0.6 is 0 Å². The standard InChI is InChI=1S/2C6H12O7.Co/c2*7-1-2(8)3(9)4(10)5(11)6(12)13;/h2*2-5,7-11H,1H2,(H,12,13);/p-2/t2*2-,3-,4+,5-;/m11./s1. The van der Waals surface area contributed by atoms with Crippen LogP contribution in [0.2, 0.25) is 0 Å². The molecule has 0 heterocycles. The van der Waals surface area contributed by atoms with Gasteiger partial charge >= 0.3 is 0 Å². The van der Waals surface area contributed by atoms with Crippen LogP contribution in [0.15, 0.2) is 0 Å². The summed E-state index contributed by atoms with van der Waals surface area (Å²) in [4.78, 5) is 20.0. The fourth-order valence-corrected chi connectivity index (χ4v) is 1.32. The first-order valence-electron chi connectivity index (χ1n) is 6.91. The van der Waals surface area contributed by atoms with E-state index in [2.05, 4.69) is 0 Å². The van der Waals surface area contributed by atoms with E-state index in [9.17, 15) is 19.8 Å². The van der Waals surface area contributed by atoms with Gasteiger partial charge < -0.3 is 70.9 Å². The smallest absolute Gasteiger partial charge is 0.122 e. The van der Waals surface area contributed by atoms with Gasteiger partial charge in [-0.25, -0.2) is 0 Å². The summed E-state index contributed by atoms with van der Waals surface area (Å²) in [6, 6.07) is 0. The van der Waals surface area contributed by atoms with Crippen molar-refractivity contribution in [3.8, 4) is 0 Å². The van der Waals surface area contributed by atoms with Crippen LogP contribution in [0.3, 0.4) is 0 Å². The first-order valence-corrected chi connectivity index (χ1v) is 6.91. The average molecular weight is 449 g/mol. The molecule has 10 N–H and O–H groups in total. The number of hydrogen-bond acceptors (Lipinski definition) is 14. The number of hydrogen-bond donors (Lipinski definition) is 10. The molecule has 0 spiro atoms. The fourth-order valence-electron chi connectivity index (χ4n) is 1.32. The quantitative estimate of drug-likeness (QED) is 0.148. The Bertz CT molecular complexity index is 385. The molecule has 0 aromatic heterocycles. The van der Waals surface area contributed by atoms with Crippen molar-refractivity contribution in [3.05, 3.63) is 0 Å². The van der Waals surface area contributed by atoms with Gasteiger partial charge in [0, 0.05) is 16.8 Å².